The minimum atomic E-state index is -4.49. The summed E-state index contributed by atoms with van der Waals surface area (Å²) in [5, 5.41) is 4.93. The fourth-order valence-corrected chi connectivity index (χ4v) is 2.35. The van der Waals surface area contributed by atoms with Crippen LogP contribution < -0.4 is 10.6 Å². The standard InChI is InChI=1S/C19H19F3N2O2/c20-19(21,22)15-9-4-10-16(12-15)24-18(26)13-17(25)23-11-5-8-14-6-2-1-3-7-14/h1-4,6-7,9-10,12H,5,8,11,13H2,(H,23,25)(H,24,26). The molecule has 0 radical (unpaired) electrons. The molecule has 2 N–H and O–H groups in total. The van der Waals surface area contributed by atoms with E-state index in [0.717, 1.165) is 30.5 Å². The molecule has 7 heteroatoms. The minimum absolute atomic E-state index is 0.00158. The molecule has 0 spiro atoms. The summed E-state index contributed by atoms with van der Waals surface area (Å²) in [5.74, 6) is -1.13. The molecule has 0 saturated heterocycles. The molecule has 0 aliphatic heterocycles. The predicted molar refractivity (Wildman–Crippen MR) is 92.5 cm³/mol. The largest absolute Gasteiger partial charge is 0.416 e. The van der Waals surface area contributed by atoms with Gasteiger partial charge in [0, 0.05) is 12.2 Å². The lowest BCUT2D eigenvalue weighted by Gasteiger charge is -2.10. The maximum absolute atomic E-state index is 12.6. The van der Waals surface area contributed by atoms with E-state index in [9.17, 15) is 22.8 Å². The van der Waals surface area contributed by atoms with Crippen molar-refractivity contribution in [1.29, 1.82) is 0 Å². The summed E-state index contributed by atoms with van der Waals surface area (Å²) in [4.78, 5) is 23.5. The lowest BCUT2D eigenvalue weighted by molar-refractivity contribution is -0.137. The molecule has 138 valence electrons. The van der Waals surface area contributed by atoms with Gasteiger partial charge in [-0.1, -0.05) is 36.4 Å². The summed E-state index contributed by atoms with van der Waals surface area (Å²) >= 11 is 0. The van der Waals surface area contributed by atoms with Crippen molar-refractivity contribution in [1.82, 2.24) is 5.32 Å². The second kappa shape index (κ2) is 9.03. The van der Waals surface area contributed by atoms with Crippen molar-refractivity contribution < 1.29 is 22.8 Å². The zero-order valence-electron chi connectivity index (χ0n) is 14.0. The molecule has 0 saturated carbocycles. The Morgan fingerprint density at radius 1 is 0.923 bits per heavy atom. The Kier molecular flexibility index (Phi) is 6.77. The van der Waals surface area contributed by atoms with Crippen LogP contribution in [0.2, 0.25) is 0 Å². The molecule has 26 heavy (non-hydrogen) atoms. The van der Waals surface area contributed by atoms with Gasteiger partial charge in [-0.2, -0.15) is 13.2 Å². The van der Waals surface area contributed by atoms with Crippen molar-refractivity contribution in [2.24, 2.45) is 0 Å². The Labute approximate surface area is 149 Å². The van der Waals surface area contributed by atoms with E-state index < -0.39 is 30.0 Å². The van der Waals surface area contributed by atoms with E-state index in [2.05, 4.69) is 10.6 Å². The van der Waals surface area contributed by atoms with Crippen LogP contribution >= 0.6 is 0 Å². The maximum atomic E-state index is 12.6. The van der Waals surface area contributed by atoms with E-state index in [1.807, 2.05) is 30.3 Å². The topological polar surface area (TPSA) is 58.2 Å². The van der Waals surface area contributed by atoms with E-state index in [1.165, 1.54) is 12.1 Å². The summed E-state index contributed by atoms with van der Waals surface area (Å²) in [7, 11) is 0. The summed E-state index contributed by atoms with van der Waals surface area (Å²) in [6.45, 7) is 0.421. The molecule has 0 bridgehead atoms. The Balaban J connectivity index is 1.73. The molecule has 2 aromatic rings. The van der Waals surface area contributed by atoms with Crippen molar-refractivity contribution >= 4 is 17.5 Å². The highest BCUT2D eigenvalue weighted by atomic mass is 19.4. The van der Waals surface area contributed by atoms with Crippen LogP contribution in [-0.2, 0) is 22.2 Å². The second-order valence-corrected chi connectivity index (χ2v) is 5.74. The highest BCUT2D eigenvalue weighted by Gasteiger charge is 2.30. The normalized spacial score (nSPS) is 11.0. The quantitative estimate of drug-likeness (QED) is 0.580. The van der Waals surface area contributed by atoms with Crippen molar-refractivity contribution in [3.63, 3.8) is 0 Å². The number of hydrogen-bond acceptors (Lipinski definition) is 2. The maximum Gasteiger partial charge on any atom is 0.416 e. The number of hydrogen-bond donors (Lipinski definition) is 2. The second-order valence-electron chi connectivity index (χ2n) is 5.74. The van der Waals surface area contributed by atoms with E-state index in [4.69, 9.17) is 0 Å². The van der Waals surface area contributed by atoms with Crippen LogP contribution in [0.4, 0.5) is 18.9 Å². The van der Waals surface area contributed by atoms with E-state index in [0.29, 0.717) is 6.54 Å². The third-order valence-electron chi connectivity index (χ3n) is 3.60. The average Bonchev–Trinajstić information content (AvgIpc) is 2.59. The Morgan fingerprint density at radius 2 is 1.65 bits per heavy atom. The SMILES string of the molecule is O=C(CC(=O)Nc1cccc(C(F)(F)F)c1)NCCCc1ccccc1. The zero-order valence-corrected chi connectivity index (χ0v) is 14.0. The van der Waals surface area contributed by atoms with Crippen molar-refractivity contribution in [2.75, 3.05) is 11.9 Å². The number of carbonyl (C=O) groups excluding carboxylic acids is 2. The monoisotopic (exact) mass is 364 g/mol. The number of halogens is 3. The smallest absolute Gasteiger partial charge is 0.356 e. The predicted octanol–water partition coefficient (Wildman–Crippen LogP) is 3.78. The first kappa shape index (κ1) is 19.5. The van der Waals surface area contributed by atoms with Crippen LogP contribution in [0.1, 0.15) is 24.0 Å². The number of nitrogens with one attached hydrogen (secondary N) is 2. The van der Waals surface area contributed by atoms with Crippen LogP contribution in [0.5, 0.6) is 0 Å². The molecule has 0 fully saturated rings. The van der Waals surface area contributed by atoms with E-state index in [-0.39, 0.29) is 5.69 Å². The number of carbonyl (C=O) groups is 2. The summed E-state index contributed by atoms with van der Waals surface area (Å²) in [6, 6.07) is 14.1. The first-order chi connectivity index (χ1) is 12.3. The van der Waals surface area contributed by atoms with Crippen LogP contribution in [0.25, 0.3) is 0 Å². The number of benzene rings is 2. The molecule has 2 rings (SSSR count). The molecule has 0 unspecified atom stereocenters. The Morgan fingerprint density at radius 3 is 2.35 bits per heavy atom. The lowest BCUT2D eigenvalue weighted by atomic mass is 10.1. The van der Waals surface area contributed by atoms with Crippen molar-refractivity contribution in [3.05, 3.63) is 65.7 Å². The molecule has 0 aromatic heterocycles. The average molecular weight is 364 g/mol. The third-order valence-corrected chi connectivity index (χ3v) is 3.60. The molecular formula is C19H19F3N2O2. The van der Waals surface area contributed by atoms with Gasteiger partial charge in [-0.3, -0.25) is 9.59 Å². The highest BCUT2D eigenvalue weighted by molar-refractivity contribution is 6.03. The van der Waals surface area contributed by atoms with Gasteiger partial charge in [0.1, 0.15) is 6.42 Å². The number of aryl methyl sites for hydroxylation is 1. The van der Waals surface area contributed by atoms with Crippen LogP contribution in [0, 0.1) is 0 Å². The van der Waals surface area contributed by atoms with Gasteiger partial charge in [0.15, 0.2) is 0 Å². The minimum Gasteiger partial charge on any atom is -0.356 e. The van der Waals surface area contributed by atoms with E-state index >= 15 is 0 Å². The molecular weight excluding hydrogens is 345 g/mol. The summed E-state index contributed by atoms with van der Waals surface area (Å²) < 4.78 is 37.9. The fourth-order valence-electron chi connectivity index (χ4n) is 2.35. The molecule has 0 aliphatic carbocycles. The van der Waals surface area contributed by atoms with Crippen LogP contribution in [0.3, 0.4) is 0 Å². The fraction of sp³-hybridized carbons (Fsp3) is 0.263. The summed E-state index contributed by atoms with van der Waals surface area (Å²) in [5.41, 5.74) is 0.298. The van der Waals surface area contributed by atoms with Gasteiger partial charge in [-0.25, -0.2) is 0 Å². The molecule has 0 heterocycles. The van der Waals surface area contributed by atoms with Crippen molar-refractivity contribution in [3.8, 4) is 0 Å². The molecule has 2 amide bonds. The first-order valence-electron chi connectivity index (χ1n) is 8.12. The molecule has 4 nitrogen and oxygen atoms in total. The van der Waals surface area contributed by atoms with Crippen LogP contribution in [-0.4, -0.2) is 18.4 Å². The van der Waals surface area contributed by atoms with Gasteiger partial charge >= 0.3 is 6.18 Å². The van der Waals surface area contributed by atoms with Crippen LogP contribution in [0.15, 0.2) is 54.6 Å². The van der Waals surface area contributed by atoms with Gasteiger partial charge in [-0.15, -0.1) is 0 Å². The molecule has 0 aliphatic rings. The van der Waals surface area contributed by atoms with Gasteiger partial charge in [0.05, 0.1) is 5.56 Å². The van der Waals surface area contributed by atoms with E-state index in [1.54, 1.807) is 0 Å². The van der Waals surface area contributed by atoms with Gasteiger partial charge in [-0.05, 0) is 36.6 Å². The number of anilines is 1. The first-order valence-corrected chi connectivity index (χ1v) is 8.12. The zero-order chi connectivity index (χ0) is 19.0. The summed E-state index contributed by atoms with van der Waals surface area (Å²) in [6.07, 6.45) is -3.40. The number of alkyl halides is 3. The third kappa shape index (κ3) is 6.58. The number of amides is 2. The Bertz CT molecular complexity index is 746. The van der Waals surface area contributed by atoms with Crippen molar-refractivity contribution in [2.45, 2.75) is 25.4 Å². The molecule has 2 aromatic carbocycles. The highest BCUT2D eigenvalue weighted by Crippen LogP contribution is 2.30. The number of rotatable bonds is 7. The van der Waals surface area contributed by atoms with Gasteiger partial charge in [0.25, 0.3) is 0 Å². The lowest BCUT2D eigenvalue weighted by Crippen LogP contribution is -2.29. The van der Waals surface area contributed by atoms with Gasteiger partial charge < -0.3 is 10.6 Å². The molecule has 0 atom stereocenters. The Hall–Kier alpha value is -2.83. The van der Waals surface area contributed by atoms with Gasteiger partial charge in [0.2, 0.25) is 11.8 Å².